The van der Waals surface area contributed by atoms with E-state index in [9.17, 15) is 21.6 Å². The van der Waals surface area contributed by atoms with Crippen LogP contribution in [0, 0.1) is 0 Å². The van der Waals surface area contributed by atoms with Gasteiger partial charge in [0, 0.05) is 8.95 Å². The van der Waals surface area contributed by atoms with E-state index in [2.05, 4.69) is 41.3 Å². The summed E-state index contributed by atoms with van der Waals surface area (Å²) < 4.78 is 70.0. The summed E-state index contributed by atoms with van der Waals surface area (Å²) in [4.78, 5) is -0.0147. The largest absolute Gasteiger partial charge is 0.573 e. The second-order valence-corrected chi connectivity index (χ2v) is 8.38. The van der Waals surface area contributed by atoms with Gasteiger partial charge in [-0.1, -0.05) is 38.8 Å². The SMILES string of the molecule is CCc1cc(Br)ccc1S(=O)(=O)Nc1ccc(Br)cc1OC(F)(F)F. The summed E-state index contributed by atoms with van der Waals surface area (Å²) in [7, 11) is -4.10. The first-order valence-corrected chi connectivity index (χ1v) is 9.95. The summed E-state index contributed by atoms with van der Waals surface area (Å²) in [6, 6.07) is 8.20. The molecule has 0 aliphatic heterocycles. The maximum Gasteiger partial charge on any atom is 0.573 e. The molecule has 0 radical (unpaired) electrons. The smallest absolute Gasteiger partial charge is 0.403 e. The first-order chi connectivity index (χ1) is 11.5. The Morgan fingerprint density at radius 1 is 1.08 bits per heavy atom. The van der Waals surface area contributed by atoms with Gasteiger partial charge in [-0.2, -0.15) is 0 Å². The fourth-order valence-corrected chi connectivity index (χ4v) is 4.19. The summed E-state index contributed by atoms with van der Waals surface area (Å²) in [5, 5.41) is 0. The zero-order valence-electron chi connectivity index (χ0n) is 12.7. The number of aryl methyl sites for hydroxylation is 1. The lowest BCUT2D eigenvalue weighted by molar-refractivity contribution is -0.274. The van der Waals surface area contributed by atoms with E-state index in [4.69, 9.17) is 0 Å². The minimum atomic E-state index is -4.95. The van der Waals surface area contributed by atoms with Gasteiger partial charge < -0.3 is 4.74 Å². The molecule has 0 aliphatic carbocycles. The maximum atomic E-state index is 12.6. The Labute approximate surface area is 159 Å². The highest BCUT2D eigenvalue weighted by Gasteiger charge is 2.33. The Morgan fingerprint density at radius 3 is 2.28 bits per heavy atom. The molecule has 136 valence electrons. The van der Waals surface area contributed by atoms with Crippen LogP contribution in [0.2, 0.25) is 0 Å². The fraction of sp³-hybridized carbons (Fsp3) is 0.200. The first-order valence-electron chi connectivity index (χ1n) is 6.88. The molecule has 0 heterocycles. The zero-order valence-corrected chi connectivity index (χ0v) is 16.7. The standard InChI is InChI=1S/C15H12Br2F3NO3S/c1-2-9-7-10(16)4-6-14(9)25(22,23)21-12-5-3-11(17)8-13(12)24-15(18,19)20/h3-8,21H,2H2,1H3. The molecule has 0 unspecified atom stereocenters. The van der Waals surface area contributed by atoms with Crippen LogP contribution in [0.3, 0.4) is 0 Å². The van der Waals surface area contributed by atoms with Crippen molar-refractivity contribution in [3.63, 3.8) is 0 Å². The number of rotatable bonds is 5. The van der Waals surface area contributed by atoms with Crippen LogP contribution in [0.25, 0.3) is 0 Å². The van der Waals surface area contributed by atoms with Crippen LogP contribution in [0.4, 0.5) is 18.9 Å². The van der Waals surface area contributed by atoms with Crippen molar-refractivity contribution < 1.29 is 26.3 Å². The number of nitrogens with one attached hydrogen (secondary N) is 1. The van der Waals surface area contributed by atoms with Gasteiger partial charge >= 0.3 is 6.36 Å². The minimum absolute atomic E-state index is 0.0147. The lowest BCUT2D eigenvalue weighted by Gasteiger charge is -2.16. The molecule has 25 heavy (non-hydrogen) atoms. The zero-order chi connectivity index (χ0) is 18.8. The molecule has 0 aliphatic rings. The quantitative estimate of drug-likeness (QED) is 0.589. The van der Waals surface area contributed by atoms with Crippen molar-refractivity contribution in [1.29, 1.82) is 0 Å². The van der Waals surface area contributed by atoms with Gasteiger partial charge in [0.15, 0.2) is 5.75 Å². The molecule has 0 saturated heterocycles. The Balaban J connectivity index is 2.45. The Bertz CT molecular complexity index is 886. The molecule has 0 bridgehead atoms. The molecule has 2 rings (SSSR count). The van der Waals surface area contributed by atoms with E-state index < -0.39 is 22.1 Å². The van der Waals surface area contributed by atoms with Crippen LogP contribution >= 0.6 is 31.9 Å². The highest BCUT2D eigenvalue weighted by atomic mass is 79.9. The fourth-order valence-electron chi connectivity index (χ4n) is 2.08. The van der Waals surface area contributed by atoms with Gasteiger partial charge in [0.05, 0.1) is 10.6 Å². The lowest BCUT2D eigenvalue weighted by Crippen LogP contribution is -2.20. The molecular weight excluding hydrogens is 491 g/mol. The minimum Gasteiger partial charge on any atom is -0.403 e. The van der Waals surface area contributed by atoms with Crippen LogP contribution < -0.4 is 9.46 Å². The summed E-state index contributed by atoms with van der Waals surface area (Å²) in [5.74, 6) is -0.652. The van der Waals surface area contributed by atoms with E-state index in [1.165, 1.54) is 18.2 Å². The summed E-state index contributed by atoms with van der Waals surface area (Å²) in [6.45, 7) is 1.78. The maximum absolute atomic E-state index is 12.6. The number of benzene rings is 2. The average Bonchev–Trinajstić information content (AvgIpc) is 2.48. The molecule has 10 heteroatoms. The van der Waals surface area contributed by atoms with Crippen LogP contribution in [0.5, 0.6) is 5.75 Å². The first kappa shape index (κ1) is 20.1. The average molecular weight is 503 g/mol. The van der Waals surface area contributed by atoms with Crippen molar-refractivity contribution >= 4 is 47.6 Å². The molecule has 0 atom stereocenters. The van der Waals surface area contributed by atoms with Crippen LogP contribution in [0.1, 0.15) is 12.5 Å². The summed E-state index contributed by atoms with van der Waals surface area (Å²) in [6.07, 6.45) is -4.52. The number of ether oxygens (including phenoxy) is 1. The van der Waals surface area contributed by atoms with E-state index in [1.807, 2.05) is 0 Å². The Kier molecular flexibility index (Phi) is 6.05. The summed E-state index contributed by atoms with van der Waals surface area (Å²) >= 11 is 6.29. The number of alkyl halides is 3. The van der Waals surface area contributed by atoms with Crippen molar-refractivity contribution in [3.05, 3.63) is 50.9 Å². The van der Waals surface area contributed by atoms with Crippen molar-refractivity contribution in [3.8, 4) is 5.75 Å². The van der Waals surface area contributed by atoms with Crippen LogP contribution in [-0.2, 0) is 16.4 Å². The van der Waals surface area contributed by atoms with Crippen molar-refractivity contribution in [2.45, 2.75) is 24.6 Å². The van der Waals surface area contributed by atoms with Crippen molar-refractivity contribution in [1.82, 2.24) is 0 Å². The summed E-state index contributed by atoms with van der Waals surface area (Å²) in [5.41, 5.74) is 0.211. The Morgan fingerprint density at radius 2 is 1.68 bits per heavy atom. The van der Waals surface area contributed by atoms with Gasteiger partial charge in [-0.25, -0.2) is 8.42 Å². The van der Waals surface area contributed by atoms with Crippen molar-refractivity contribution in [2.24, 2.45) is 0 Å². The highest BCUT2D eigenvalue weighted by Crippen LogP contribution is 2.34. The molecule has 0 amide bonds. The second-order valence-electron chi connectivity index (χ2n) is 4.90. The number of halogens is 5. The molecule has 0 aromatic heterocycles. The van der Waals surface area contributed by atoms with Gasteiger partial charge in [-0.15, -0.1) is 13.2 Å². The molecule has 0 spiro atoms. The lowest BCUT2D eigenvalue weighted by atomic mass is 10.2. The molecule has 2 aromatic carbocycles. The third kappa shape index (κ3) is 5.35. The van der Waals surface area contributed by atoms with Gasteiger partial charge in [0.2, 0.25) is 0 Å². The monoisotopic (exact) mass is 501 g/mol. The van der Waals surface area contributed by atoms with E-state index in [1.54, 1.807) is 19.1 Å². The van der Waals surface area contributed by atoms with Gasteiger partial charge in [-0.05, 0) is 48.4 Å². The molecule has 0 fully saturated rings. The molecule has 1 N–H and O–H groups in total. The normalized spacial score (nSPS) is 12.1. The van der Waals surface area contributed by atoms with E-state index in [0.29, 0.717) is 20.9 Å². The number of anilines is 1. The number of hydrogen-bond acceptors (Lipinski definition) is 3. The van der Waals surface area contributed by atoms with E-state index in [0.717, 1.165) is 6.07 Å². The predicted molar refractivity (Wildman–Crippen MR) is 95.2 cm³/mol. The third-order valence-electron chi connectivity index (χ3n) is 3.11. The number of hydrogen-bond donors (Lipinski definition) is 1. The van der Waals surface area contributed by atoms with Crippen molar-refractivity contribution in [2.75, 3.05) is 4.72 Å². The van der Waals surface area contributed by atoms with Gasteiger partial charge in [-0.3, -0.25) is 4.72 Å². The number of sulfonamides is 1. The van der Waals surface area contributed by atoms with Crippen LogP contribution in [-0.4, -0.2) is 14.8 Å². The molecule has 4 nitrogen and oxygen atoms in total. The third-order valence-corrected chi connectivity index (χ3v) is 5.56. The van der Waals surface area contributed by atoms with Gasteiger partial charge in [0.1, 0.15) is 0 Å². The predicted octanol–water partition coefficient (Wildman–Crippen LogP) is 5.47. The molecule has 0 saturated carbocycles. The molecule has 2 aromatic rings. The topological polar surface area (TPSA) is 55.4 Å². The molecular formula is C15H12Br2F3NO3S. The van der Waals surface area contributed by atoms with Gasteiger partial charge in [0.25, 0.3) is 10.0 Å². The van der Waals surface area contributed by atoms with Crippen LogP contribution in [0.15, 0.2) is 50.2 Å². The Hall–Kier alpha value is -1.26. The van der Waals surface area contributed by atoms with E-state index >= 15 is 0 Å². The highest BCUT2D eigenvalue weighted by molar-refractivity contribution is 9.10. The second kappa shape index (κ2) is 7.55. The van der Waals surface area contributed by atoms with E-state index in [-0.39, 0.29) is 10.6 Å².